The van der Waals surface area contributed by atoms with Crippen LogP contribution in [0.15, 0.2) is 48.6 Å². The van der Waals surface area contributed by atoms with Gasteiger partial charge in [-0.1, -0.05) is 120 Å². The van der Waals surface area contributed by atoms with Gasteiger partial charge in [0, 0.05) is 6.42 Å². The minimum absolute atomic E-state index is 0.0865. The Balaban J connectivity index is 3.66. The van der Waals surface area contributed by atoms with Gasteiger partial charge < -0.3 is 15.5 Å². The molecule has 0 aromatic heterocycles. The van der Waals surface area contributed by atoms with Crippen molar-refractivity contribution in [3.63, 3.8) is 0 Å². The van der Waals surface area contributed by atoms with E-state index >= 15 is 0 Å². The van der Waals surface area contributed by atoms with E-state index in [-0.39, 0.29) is 12.5 Å². The first-order chi connectivity index (χ1) is 18.2. The average molecular weight is 518 g/mol. The van der Waals surface area contributed by atoms with Crippen LogP contribution in [0.3, 0.4) is 0 Å². The Kier molecular flexibility index (Phi) is 27.6. The maximum atomic E-state index is 12.2. The third-order valence-electron chi connectivity index (χ3n) is 6.56. The number of aliphatic hydroxyl groups excluding tert-OH is 2. The van der Waals surface area contributed by atoms with Crippen molar-refractivity contribution >= 4 is 5.91 Å². The van der Waals surface area contributed by atoms with Crippen LogP contribution in [0.4, 0.5) is 0 Å². The van der Waals surface area contributed by atoms with Crippen molar-refractivity contribution in [2.24, 2.45) is 0 Å². The Labute approximate surface area is 229 Å². The standard InChI is InChI=1S/C33H59NO3/c1-3-5-7-9-11-12-13-14-15-16-17-18-19-20-21-22-23-25-27-29-33(37)34-31(30-35)32(36)28-26-24-10-8-6-4-2/h11-12,14-15,17-18,26,28,31-32,35-36H,3-10,13,16,19-25,27,29-30H2,1-2H3,(H,34,37)/b12-11-,15-14-,18-17-,28-26+. The zero-order valence-electron chi connectivity index (χ0n) is 24.2. The van der Waals surface area contributed by atoms with Gasteiger partial charge in [-0.05, 0) is 57.8 Å². The van der Waals surface area contributed by atoms with E-state index in [1.807, 2.05) is 6.08 Å². The first-order valence-corrected chi connectivity index (χ1v) is 15.4. The monoisotopic (exact) mass is 517 g/mol. The Hall–Kier alpha value is -1.65. The number of allylic oxidation sites excluding steroid dienone is 7. The van der Waals surface area contributed by atoms with Gasteiger partial charge in [-0.25, -0.2) is 0 Å². The van der Waals surface area contributed by atoms with Gasteiger partial charge in [-0.3, -0.25) is 4.79 Å². The zero-order valence-corrected chi connectivity index (χ0v) is 24.2. The van der Waals surface area contributed by atoms with Crippen LogP contribution in [0.25, 0.3) is 0 Å². The van der Waals surface area contributed by atoms with Gasteiger partial charge in [-0.2, -0.15) is 0 Å². The van der Waals surface area contributed by atoms with Crippen molar-refractivity contribution in [1.82, 2.24) is 5.32 Å². The summed E-state index contributed by atoms with van der Waals surface area (Å²) in [5.41, 5.74) is 0. The molecular formula is C33H59NO3. The van der Waals surface area contributed by atoms with Crippen molar-refractivity contribution in [2.75, 3.05) is 6.61 Å². The van der Waals surface area contributed by atoms with E-state index in [1.54, 1.807) is 6.08 Å². The Morgan fingerprint density at radius 2 is 1.11 bits per heavy atom. The number of hydrogen-bond donors (Lipinski definition) is 3. The number of unbranched alkanes of at least 4 members (excludes halogenated alkanes) is 13. The largest absolute Gasteiger partial charge is 0.394 e. The van der Waals surface area contributed by atoms with Crippen LogP contribution in [-0.4, -0.2) is 34.9 Å². The SMILES string of the molecule is CCCCC/C=C\C/C=C\C/C=C\CCCCCCCCC(=O)NC(CO)C(O)/C=C/CCCCCC. The summed E-state index contributed by atoms with van der Waals surface area (Å²) in [6.07, 6.45) is 37.7. The minimum atomic E-state index is -0.840. The molecule has 0 saturated heterocycles. The van der Waals surface area contributed by atoms with E-state index in [4.69, 9.17) is 0 Å². The van der Waals surface area contributed by atoms with Gasteiger partial charge in [-0.15, -0.1) is 0 Å². The summed E-state index contributed by atoms with van der Waals surface area (Å²) in [6.45, 7) is 4.17. The zero-order chi connectivity index (χ0) is 27.2. The summed E-state index contributed by atoms with van der Waals surface area (Å²) in [7, 11) is 0. The molecule has 1 amide bonds. The lowest BCUT2D eigenvalue weighted by molar-refractivity contribution is -0.123. The van der Waals surface area contributed by atoms with Crippen molar-refractivity contribution in [3.05, 3.63) is 48.6 Å². The second-order valence-corrected chi connectivity index (χ2v) is 10.2. The number of rotatable bonds is 26. The number of carbonyl (C=O) groups excluding carboxylic acids is 1. The van der Waals surface area contributed by atoms with Crippen LogP contribution >= 0.6 is 0 Å². The number of hydrogen-bond acceptors (Lipinski definition) is 3. The van der Waals surface area contributed by atoms with Crippen molar-refractivity contribution in [2.45, 2.75) is 148 Å². The predicted octanol–water partition coefficient (Wildman–Crippen LogP) is 8.50. The third kappa shape index (κ3) is 25.8. The number of amides is 1. The molecule has 0 saturated carbocycles. The molecule has 3 N–H and O–H groups in total. The van der Waals surface area contributed by atoms with Crippen LogP contribution in [0.5, 0.6) is 0 Å². The molecule has 4 nitrogen and oxygen atoms in total. The minimum Gasteiger partial charge on any atom is -0.394 e. The van der Waals surface area contributed by atoms with Gasteiger partial charge in [0.15, 0.2) is 0 Å². The van der Waals surface area contributed by atoms with Gasteiger partial charge >= 0.3 is 0 Å². The molecule has 0 aliphatic heterocycles. The molecule has 0 heterocycles. The second-order valence-electron chi connectivity index (χ2n) is 10.2. The van der Waals surface area contributed by atoms with E-state index in [0.717, 1.165) is 51.4 Å². The molecule has 0 aliphatic rings. The smallest absolute Gasteiger partial charge is 0.220 e. The summed E-state index contributed by atoms with van der Waals surface area (Å²) < 4.78 is 0. The third-order valence-corrected chi connectivity index (χ3v) is 6.56. The van der Waals surface area contributed by atoms with E-state index in [9.17, 15) is 15.0 Å². The molecule has 214 valence electrons. The topological polar surface area (TPSA) is 69.6 Å². The average Bonchev–Trinajstić information content (AvgIpc) is 2.90. The fourth-order valence-electron chi connectivity index (χ4n) is 4.12. The summed E-state index contributed by atoms with van der Waals surface area (Å²) in [5, 5.41) is 22.5. The second kappa shape index (κ2) is 28.9. The summed E-state index contributed by atoms with van der Waals surface area (Å²) in [4.78, 5) is 12.2. The Morgan fingerprint density at radius 3 is 1.70 bits per heavy atom. The summed E-state index contributed by atoms with van der Waals surface area (Å²) in [5.74, 6) is -0.0865. The van der Waals surface area contributed by atoms with E-state index in [2.05, 4.69) is 55.6 Å². The van der Waals surface area contributed by atoms with Crippen LogP contribution in [0.1, 0.15) is 136 Å². The highest BCUT2D eigenvalue weighted by Crippen LogP contribution is 2.10. The van der Waals surface area contributed by atoms with E-state index < -0.39 is 12.1 Å². The van der Waals surface area contributed by atoms with Gasteiger partial charge in [0.1, 0.15) is 0 Å². The molecule has 0 radical (unpaired) electrons. The van der Waals surface area contributed by atoms with Crippen LogP contribution < -0.4 is 5.32 Å². The highest BCUT2D eigenvalue weighted by Gasteiger charge is 2.17. The molecule has 4 heteroatoms. The molecular weight excluding hydrogens is 458 g/mol. The predicted molar refractivity (Wildman–Crippen MR) is 161 cm³/mol. The van der Waals surface area contributed by atoms with Crippen LogP contribution in [0.2, 0.25) is 0 Å². The van der Waals surface area contributed by atoms with Gasteiger partial charge in [0.05, 0.1) is 18.8 Å². The first-order valence-electron chi connectivity index (χ1n) is 15.4. The number of nitrogens with one attached hydrogen (secondary N) is 1. The lowest BCUT2D eigenvalue weighted by atomic mass is 10.1. The molecule has 0 aliphatic carbocycles. The van der Waals surface area contributed by atoms with Crippen molar-refractivity contribution in [3.8, 4) is 0 Å². The Bertz CT molecular complexity index is 609. The molecule has 0 aromatic carbocycles. The number of aliphatic hydroxyl groups is 2. The fourth-order valence-corrected chi connectivity index (χ4v) is 4.12. The van der Waals surface area contributed by atoms with Crippen LogP contribution in [-0.2, 0) is 4.79 Å². The normalized spacial score (nSPS) is 13.9. The highest BCUT2D eigenvalue weighted by molar-refractivity contribution is 5.76. The van der Waals surface area contributed by atoms with Crippen LogP contribution in [0, 0.1) is 0 Å². The maximum absolute atomic E-state index is 12.2. The first kappa shape index (κ1) is 35.4. The van der Waals surface area contributed by atoms with Gasteiger partial charge in [0.2, 0.25) is 5.91 Å². The molecule has 0 aromatic rings. The quantitative estimate of drug-likeness (QED) is 0.0795. The summed E-state index contributed by atoms with van der Waals surface area (Å²) in [6, 6.07) is -0.625. The van der Waals surface area contributed by atoms with Crippen molar-refractivity contribution in [1.29, 1.82) is 0 Å². The maximum Gasteiger partial charge on any atom is 0.220 e. The highest BCUT2D eigenvalue weighted by atomic mass is 16.3. The molecule has 0 bridgehead atoms. The molecule has 0 spiro atoms. The summed E-state index contributed by atoms with van der Waals surface area (Å²) >= 11 is 0. The molecule has 2 atom stereocenters. The lowest BCUT2D eigenvalue weighted by Crippen LogP contribution is -2.45. The van der Waals surface area contributed by atoms with E-state index in [1.165, 1.54) is 64.2 Å². The molecule has 37 heavy (non-hydrogen) atoms. The van der Waals surface area contributed by atoms with Gasteiger partial charge in [0.25, 0.3) is 0 Å². The molecule has 2 unspecified atom stereocenters. The lowest BCUT2D eigenvalue weighted by Gasteiger charge is -2.20. The molecule has 0 rings (SSSR count). The van der Waals surface area contributed by atoms with Crippen molar-refractivity contribution < 1.29 is 15.0 Å². The number of carbonyl (C=O) groups is 1. The molecule has 0 fully saturated rings. The Morgan fingerprint density at radius 1 is 0.649 bits per heavy atom. The fraction of sp³-hybridized carbons (Fsp3) is 0.727. The van der Waals surface area contributed by atoms with E-state index in [0.29, 0.717) is 6.42 Å².